The van der Waals surface area contributed by atoms with Gasteiger partial charge in [0.05, 0.1) is 18.1 Å². The first-order valence-electron chi connectivity index (χ1n) is 5.76. The van der Waals surface area contributed by atoms with E-state index in [1.165, 1.54) is 25.3 Å². The van der Waals surface area contributed by atoms with Crippen LogP contribution in [0.1, 0.15) is 15.2 Å². The highest BCUT2D eigenvalue weighted by Crippen LogP contribution is 2.25. The molecule has 0 saturated heterocycles. The highest BCUT2D eigenvalue weighted by Gasteiger charge is 2.12. The highest BCUT2D eigenvalue weighted by atomic mass is 32.1. The number of carbonyl (C=O) groups is 1. The quantitative estimate of drug-likeness (QED) is 0.650. The van der Waals surface area contributed by atoms with E-state index >= 15 is 0 Å². The Morgan fingerprint density at radius 1 is 1.33 bits per heavy atom. The van der Waals surface area contributed by atoms with Crippen LogP contribution < -0.4 is 9.47 Å². The Balaban J connectivity index is 2.13. The third-order valence-corrected chi connectivity index (χ3v) is 3.49. The first kappa shape index (κ1) is 14.8. The van der Waals surface area contributed by atoms with Crippen molar-refractivity contribution in [3.05, 3.63) is 50.2 Å². The molecule has 0 bridgehead atoms. The summed E-state index contributed by atoms with van der Waals surface area (Å²) in [6.45, 7) is 0.0772. The molecule has 1 aromatic carbocycles. The van der Waals surface area contributed by atoms with Gasteiger partial charge in [-0.05, 0) is 11.6 Å². The lowest BCUT2D eigenvalue weighted by Crippen LogP contribution is -1.98. The van der Waals surface area contributed by atoms with Gasteiger partial charge >= 0.3 is 5.97 Å². The summed E-state index contributed by atoms with van der Waals surface area (Å²) in [6, 6.07) is 5.72. The van der Waals surface area contributed by atoms with Crippen LogP contribution in [0.15, 0.2) is 29.6 Å². The van der Waals surface area contributed by atoms with Crippen LogP contribution in [0.5, 0.6) is 11.5 Å². The Morgan fingerprint density at radius 2 is 2.10 bits per heavy atom. The molecule has 1 heterocycles. The van der Waals surface area contributed by atoms with E-state index in [0.717, 1.165) is 11.3 Å². The number of benzene rings is 1. The molecular formula is C13H11NO6S. The molecule has 0 saturated carbocycles. The second-order valence-electron chi connectivity index (χ2n) is 4.04. The van der Waals surface area contributed by atoms with Crippen molar-refractivity contribution in [3.63, 3.8) is 0 Å². The Bertz CT molecular complexity index is 681. The maximum atomic E-state index is 10.8. The topological polar surface area (TPSA) is 98.9 Å². The van der Waals surface area contributed by atoms with Gasteiger partial charge in [0.25, 0.3) is 5.69 Å². The summed E-state index contributed by atoms with van der Waals surface area (Å²) < 4.78 is 10.4. The molecule has 0 amide bonds. The lowest BCUT2D eigenvalue weighted by atomic mass is 10.2. The zero-order valence-corrected chi connectivity index (χ0v) is 11.8. The van der Waals surface area contributed by atoms with E-state index in [2.05, 4.69) is 0 Å². The molecule has 7 nitrogen and oxygen atoms in total. The predicted octanol–water partition coefficient (Wildman–Crippen LogP) is 2.94. The molecule has 0 aliphatic heterocycles. The fraction of sp³-hybridized carbons (Fsp3) is 0.154. The number of hydrogen-bond donors (Lipinski definition) is 1. The van der Waals surface area contributed by atoms with Crippen LogP contribution in [-0.2, 0) is 6.61 Å². The van der Waals surface area contributed by atoms with Crippen molar-refractivity contribution in [2.24, 2.45) is 0 Å². The van der Waals surface area contributed by atoms with E-state index in [9.17, 15) is 14.9 Å². The van der Waals surface area contributed by atoms with Gasteiger partial charge in [0, 0.05) is 17.5 Å². The number of carboxylic acid groups (broad SMARTS) is 1. The lowest BCUT2D eigenvalue weighted by Gasteiger charge is -2.06. The minimum absolute atomic E-state index is 0.0772. The molecule has 0 fully saturated rings. The number of thiophene rings is 1. The zero-order valence-electron chi connectivity index (χ0n) is 10.9. The Hall–Kier alpha value is -2.61. The maximum Gasteiger partial charge on any atom is 0.346 e. The van der Waals surface area contributed by atoms with Gasteiger partial charge in [-0.15, -0.1) is 11.3 Å². The van der Waals surface area contributed by atoms with E-state index in [4.69, 9.17) is 14.6 Å². The number of carboxylic acids is 1. The van der Waals surface area contributed by atoms with Crippen molar-refractivity contribution in [1.82, 2.24) is 0 Å². The van der Waals surface area contributed by atoms with Gasteiger partial charge < -0.3 is 14.6 Å². The number of rotatable bonds is 6. The zero-order chi connectivity index (χ0) is 15.4. The van der Waals surface area contributed by atoms with Gasteiger partial charge in [0.1, 0.15) is 23.0 Å². The number of nitro benzene ring substituents is 1. The van der Waals surface area contributed by atoms with E-state index in [1.807, 2.05) is 0 Å². The molecule has 8 heteroatoms. The van der Waals surface area contributed by atoms with Crippen molar-refractivity contribution >= 4 is 23.0 Å². The van der Waals surface area contributed by atoms with Crippen LogP contribution in [0.2, 0.25) is 0 Å². The minimum atomic E-state index is -1.02. The molecule has 2 aromatic rings. The number of nitrogens with zero attached hydrogens (tertiary/aromatic N) is 1. The fourth-order valence-corrected chi connectivity index (χ4v) is 2.29. The molecule has 0 spiro atoms. The smallest absolute Gasteiger partial charge is 0.346 e. The third-order valence-electron chi connectivity index (χ3n) is 2.59. The van der Waals surface area contributed by atoms with Crippen LogP contribution in [-0.4, -0.2) is 23.1 Å². The number of methoxy groups -OCH3 is 1. The van der Waals surface area contributed by atoms with Gasteiger partial charge in [-0.1, -0.05) is 0 Å². The Labute approximate surface area is 123 Å². The molecule has 0 aliphatic carbocycles. The largest absolute Gasteiger partial charge is 0.496 e. The molecule has 21 heavy (non-hydrogen) atoms. The van der Waals surface area contributed by atoms with E-state index in [1.54, 1.807) is 11.4 Å². The van der Waals surface area contributed by atoms with Crippen molar-refractivity contribution in [2.75, 3.05) is 7.11 Å². The summed E-state index contributed by atoms with van der Waals surface area (Å²) >= 11 is 1.05. The number of aromatic carboxylic acids is 1. The standard InChI is InChI=1S/C13H11NO6S/c1-19-10-3-8(2-9(4-10)14(17)18)6-20-11-5-12(13(15)16)21-7-11/h2-5,7H,6H2,1H3,(H,15,16). The van der Waals surface area contributed by atoms with Crippen LogP contribution in [0, 0.1) is 10.1 Å². The number of nitro groups is 1. The molecular weight excluding hydrogens is 298 g/mol. The summed E-state index contributed by atoms with van der Waals surface area (Å²) in [5.74, 6) is -0.255. The molecule has 0 atom stereocenters. The SMILES string of the molecule is COc1cc(COc2csc(C(=O)O)c2)cc([N+](=O)[O-])c1. The van der Waals surface area contributed by atoms with Crippen LogP contribution in [0.3, 0.4) is 0 Å². The molecule has 110 valence electrons. The van der Waals surface area contributed by atoms with Gasteiger partial charge in [0.15, 0.2) is 0 Å². The summed E-state index contributed by atoms with van der Waals surface area (Å²) in [4.78, 5) is 21.2. The van der Waals surface area contributed by atoms with Crippen molar-refractivity contribution in [3.8, 4) is 11.5 Å². The van der Waals surface area contributed by atoms with Crippen molar-refractivity contribution in [2.45, 2.75) is 6.61 Å². The fourth-order valence-electron chi connectivity index (χ4n) is 1.62. The molecule has 0 radical (unpaired) electrons. The minimum Gasteiger partial charge on any atom is -0.496 e. The first-order chi connectivity index (χ1) is 9.99. The predicted molar refractivity (Wildman–Crippen MR) is 75.3 cm³/mol. The van der Waals surface area contributed by atoms with Crippen molar-refractivity contribution < 1.29 is 24.3 Å². The van der Waals surface area contributed by atoms with E-state index in [0.29, 0.717) is 17.1 Å². The van der Waals surface area contributed by atoms with Crippen molar-refractivity contribution in [1.29, 1.82) is 0 Å². The molecule has 1 N–H and O–H groups in total. The molecule has 0 aliphatic rings. The van der Waals surface area contributed by atoms with Crippen LogP contribution in [0.4, 0.5) is 5.69 Å². The average molecular weight is 309 g/mol. The Morgan fingerprint density at radius 3 is 2.67 bits per heavy atom. The summed E-state index contributed by atoms with van der Waals surface area (Å²) in [5, 5.41) is 21.2. The Kier molecular flexibility index (Phi) is 4.39. The summed E-state index contributed by atoms with van der Waals surface area (Å²) in [5.41, 5.74) is 0.466. The number of ether oxygens (including phenoxy) is 2. The monoisotopic (exact) mass is 309 g/mol. The maximum absolute atomic E-state index is 10.8. The molecule has 0 unspecified atom stereocenters. The molecule has 2 rings (SSSR count). The second-order valence-corrected chi connectivity index (χ2v) is 4.95. The van der Waals surface area contributed by atoms with Gasteiger partial charge in [-0.2, -0.15) is 0 Å². The van der Waals surface area contributed by atoms with Crippen LogP contribution >= 0.6 is 11.3 Å². The first-order valence-corrected chi connectivity index (χ1v) is 6.64. The number of hydrogen-bond acceptors (Lipinski definition) is 6. The second kappa shape index (κ2) is 6.23. The van der Waals surface area contributed by atoms with Gasteiger partial charge in [-0.3, -0.25) is 10.1 Å². The average Bonchev–Trinajstić information content (AvgIpc) is 2.93. The van der Waals surface area contributed by atoms with E-state index < -0.39 is 10.9 Å². The third kappa shape index (κ3) is 3.69. The summed E-state index contributed by atoms with van der Waals surface area (Å²) in [6.07, 6.45) is 0. The summed E-state index contributed by atoms with van der Waals surface area (Å²) in [7, 11) is 1.42. The van der Waals surface area contributed by atoms with E-state index in [-0.39, 0.29) is 17.2 Å². The number of non-ortho nitro benzene ring substituents is 1. The molecule has 1 aromatic heterocycles. The lowest BCUT2D eigenvalue weighted by molar-refractivity contribution is -0.385. The highest BCUT2D eigenvalue weighted by molar-refractivity contribution is 7.12. The normalized spacial score (nSPS) is 10.1. The van der Waals surface area contributed by atoms with Gasteiger partial charge in [-0.25, -0.2) is 4.79 Å². The van der Waals surface area contributed by atoms with Crippen LogP contribution in [0.25, 0.3) is 0 Å². The van der Waals surface area contributed by atoms with Gasteiger partial charge in [0.2, 0.25) is 0 Å².